The van der Waals surface area contributed by atoms with Crippen molar-refractivity contribution in [1.82, 2.24) is 0 Å². The molecule has 0 amide bonds. The first kappa shape index (κ1) is 128. The van der Waals surface area contributed by atoms with E-state index in [9.17, 15) is 0 Å². The molecule has 22 aromatic rings. The molecule has 148 heavy (non-hydrogen) atoms. The molecular weight excluding hydrogens is 1780 g/mol. The van der Waals surface area contributed by atoms with Gasteiger partial charge in [0.2, 0.25) is 0 Å². The van der Waals surface area contributed by atoms with Crippen molar-refractivity contribution in [3.8, 4) is 89.0 Å². The van der Waals surface area contributed by atoms with E-state index in [4.69, 9.17) is 0 Å². The topological polar surface area (TPSA) is 0 Å². The second-order valence-electron chi connectivity index (χ2n) is 31.8. The van der Waals surface area contributed by atoms with Gasteiger partial charge in [-0.2, -0.15) is 0 Å². The van der Waals surface area contributed by atoms with Crippen molar-refractivity contribution in [2.75, 3.05) is 0 Å². The molecular formula is C148H180. The molecule has 0 aromatic heterocycles. The minimum absolute atomic E-state index is 1.25. The lowest BCUT2D eigenvalue weighted by atomic mass is 9.91. The molecule has 0 aliphatic carbocycles. The Morgan fingerprint density at radius 2 is 0.257 bits per heavy atom. The van der Waals surface area contributed by atoms with E-state index in [-0.39, 0.29) is 0 Å². The monoisotopic (exact) mass is 1960 g/mol. The first-order valence-corrected chi connectivity index (χ1v) is 56.3. The van der Waals surface area contributed by atoms with Gasteiger partial charge < -0.3 is 0 Å². The van der Waals surface area contributed by atoms with E-state index in [1.165, 1.54) is 222 Å². The highest BCUT2D eigenvalue weighted by Crippen LogP contribution is 2.41. The molecule has 0 spiro atoms. The Morgan fingerprint density at radius 1 is 0.0946 bits per heavy atom. The maximum absolute atomic E-state index is 2.34. The van der Waals surface area contributed by atoms with E-state index in [0.717, 1.165) is 0 Å². The van der Waals surface area contributed by atoms with Crippen molar-refractivity contribution >= 4 is 108 Å². The summed E-state index contributed by atoms with van der Waals surface area (Å²) in [5, 5.41) is 25.6. The van der Waals surface area contributed by atoms with Gasteiger partial charge in [-0.25, -0.2) is 0 Å². The standard InChI is InChI=1S/3C30H20.C22H16.4C3H8.12C2H6/c1-3-13-25-21(8-1)10-5-15-27(25)24-18-19-28-23(20-24)12-7-17-30(28)29-16-6-11-22-9-2-4-14-26(22)29;1-3-8-24-18-26(15-12-21(24)6-1)27-16-14-23-10-5-11-29(30(23)20-27)28-17-13-22-7-2-4-9-25(22)19-28;1-3-8-23-18-25(14-12-21(23)6-1)26-16-17-30-27(20-26)10-5-11-29(30)28-15-13-22-7-2-4-9-24(22)19-28;1-3-8-17(9-4-1)20-15-14-19-12-7-13-21(22(19)16-20)18-10-5-2-6-11-18;4*1-3-2;12*1-2/h3*1-20H;1-16H;4*3H2,1-2H3;12*1-2H3. The zero-order valence-corrected chi connectivity index (χ0v) is 96.7. The van der Waals surface area contributed by atoms with E-state index in [1.807, 2.05) is 166 Å². The molecule has 22 rings (SSSR count). The Kier molecular flexibility index (Phi) is 65.6. The molecule has 0 unspecified atom stereocenters. The summed E-state index contributed by atoms with van der Waals surface area (Å²) in [7, 11) is 0. The van der Waals surface area contributed by atoms with Crippen LogP contribution in [-0.4, -0.2) is 0 Å². The van der Waals surface area contributed by atoms with Gasteiger partial charge in [0, 0.05) is 0 Å². The smallest absolute Gasteiger partial charge is 0.00992 e. The average Bonchev–Trinajstić information content (AvgIpc) is 0.765. The Labute approximate surface area is 898 Å². The highest BCUT2D eigenvalue weighted by molar-refractivity contribution is 6.09. The van der Waals surface area contributed by atoms with Crippen molar-refractivity contribution in [3.63, 3.8) is 0 Å². The fourth-order valence-corrected chi connectivity index (χ4v) is 16.4. The van der Waals surface area contributed by atoms with Crippen LogP contribution >= 0.6 is 0 Å². The van der Waals surface area contributed by atoms with Crippen LogP contribution < -0.4 is 0 Å². The van der Waals surface area contributed by atoms with Crippen LogP contribution in [0.3, 0.4) is 0 Å². The summed E-state index contributed by atoms with van der Waals surface area (Å²) in [6, 6.07) is 166. The van der Waals surface area contributed by atoms with Crippen LogP contribution in [0.5, 0.6) is 0 Å². The number of rotatable bonds is 8. The number of hydrogen-bond acceptors (Lipinski definition) is 0. The van der Waals surface area contributed by atoms with Crippen LogP contribution in [-0.2, 0) is 0 Å². The van der Waals surface area contributed by atoms with Gasteiger partial charge >= 0.3 is 0 Å². The second-order valence-corrected chi connectivity index (χ2v) is 31.8. The predicted molar refractivity (Wildman–Crippen MR) is 684 cm³/mol. The molecule has 0 heteroatoms. The number of fused-ring (bicyclic) bond motifs is 10. The summed E-state index contributed by atoms with van der Waals surface area (Å²) in [5.74, 6) is 0. The molecule has 0 saturated carbocycles. The molecule has 0 nitrogen and oxygen atoms in total. The van der Waals surface area contributed by atoms with Gasteiger partial charge in [-0.15, -0.1) is 0 Å². The van der Waals surface area contributed by atoms with Crippen LogP contribution in [0, 0.1) is 0 Å². The third-order valence-electron chi connectivity index (χ3n) is 22.2. The molecule has 22 aromatic carbocycles. The molecule has 0 heterocycles. The highest BCUT2D eigenvalue weighted by Gasteiger charge is 2.15. The van der Waals surface area contributed by atoms with Crippen molar-refractivity contribution < 1.29 is 0 Å². The first-order valence-electron chi connectivity index (χ1n) is 56.3. The maximum Gasteiger partial charge on any atom is -0.00992 e. The van der Waals surface area contributed by atoms with Gasteiger partial charge in [-0.3, -0.25) is 0 Å². The molecule has 0 bridgehead atoms. The molecule has 0 aliphatic heterocycles. The zero-order valence-electron chi connectivity index (χ0n) is 96.7. The van der Waals surface area contributed by atoms with Gasteiger partial charge in [-0.1, -0.05) is 660 Å². The normalized spacial score (nSPS) is 9.46. The first-order chi connectivity index (χ1) is 73.2. The van der Waals surface area contributed by atoms with Gasteiger partial charge in [0.05, 0.1) is 0 Å². The lowest BCUT2D eigenvalue weighted by Crippen LogP contribution is -1.86. The minimum atomic E-state index is 1.25. The highest BCUT2D eigenvalue weighted by atomic mass is 14.2. The van der Waals surface area contributed by atoms with Crippen molar-refractivity contribution in [2.24, 2.45) is 0 Å². The third-order valence-corrected chi connectivity index (χ3v) is 22.2. The van der Waals surface area contributed by atoms with Gasteiger partial charge in [-0.05, 0) is 245 Å². The summed E-state index contributed by atoms with van der Waals surface area (Å²) in [6.45, 7) is 65.0. The van der Waals surface area contributed by atoms with E-state index in [2.05, 4.69) is 516 Å². The summed E-state index contributed by atoms with van der Waals surface area (Å²) in [5.41, 5.74) is 20.3. The Morgan fingerprint density at radius 3 is 0.574 bits per heavy atom. The average molecular weight is 1960 g/mol. The van der Waals surface area contributed by atoms with Gasteiger partial charge in [0.15, 0.2) is 0 Å². The minimum Gasteiger partial charge on any atom is -0.0683 e. The van der Waals surface area contributed by atoms with Crippen LogP contribution in [0.1, 0.15) is 247 Å². The van der Waals surface area contributed by atoms with Crippen LogP contribution in [0.2, 0.25) is 0 Å². The fourth-order valence-electron chi connectivity index (χ4n) is 16.4. The van der Waals surface area contributed by atoms with E-state index >= 15 is 0 Å². The lowest BCUT2D eigenvalue weighted by molar-refractivity contribution is 1.09. The van der Waals surface area contributed by atoms with Crippen LogP contribution in [0.15, 0.2) is 461 Å². The van der Waals surface area contributed by atoms with Crippen LogP contribution in [0.4, 0.5) is 0 Å². The Balaban J connectivity index is 0.000000460. The fraction of sp³-hybridized carbons (Fsp3) is 0.243. The molecule has 0 radical (unpaired) electrons. The summed E-state index contributed by atoms with van der Waals surface area (Å²) < 4.78 is 0. The summed E-state index contributed by atoms with van der Waals surface area (Å²) in [4.78, 5) is 0. The molecule has 0 fully saturated rings. The Bertz CT molecular complexity index is 7310. The van der Waals surface area contributed by atoms with E-state index in [0.29, 0.717) is 0 Å². The second kappa shape index (κ2) is 76.1. The molecule has 0 N–H and O–H groups in total. The summed E-state index contributed by atoms with van der Waals surface area (Å²) in [6.07, 6.45) is 5.00. The summed E-state index contributed by atoms with van der Waals surface area (Å²) >= 11 is 0. The van der Waals surface area contributed by atoms with E-state index < -0.39 is 0 Å². The molecule has 772 valence electrons. The Hall–Kier alpha value is -14.6. The van der Waals surface area contributed by atoms with Crippen LogP contribution in [0.25, 0.3) is 197 Å². The van der Waals surface area contributed by atoms with Gasteiger partial charge in [0.1, 0.15) is 0 Å². The number of benzene rings is 22. The molecule has 0 saturated heterocycles. The van der Waals surface area contributed by atoms with E-state index in [1.54, 1.807) is 0 Å². The zero-order chi connectivity index (χ0) is 109. The SMILES string of the molecule is CC.CC.CC.CC.CC.CC.CC.CC.CC.CC.CC.CC.CCC.CCC.CCC.CCC.c1ccc(-c2ccc3cccc(-c4ccccc4)c3c2)cc1.c1ccc2c(-c3ccc4c(-c5cccc6ccccc56)cccc4c3)cccc2c1.c1ccc2cc(-c3ccc4c(-c5ccc6ccccc6c5)cccc4c3)ccc2c1.c1ccc2cc(-c3ccc4cccc(-c5ccc6ccccc6c5)c4c3)ccc2c1. The lowest BCUT2D eigenvalue weighted by Gasteiger charge is -2.12. The van der Waals surface area contributed by atoms with Crippen molar-refractivity contribution in [3.05, 3.63) is 461 Å². The molecule has 0 aliphatic rings. The number of hydrogen-bond donors (Lipinski definition) is 0. The maximum atomic E-state index is 2.34. The van der Waals surface area contributed by atoms with Crippen molar-refractivity contribution in [1.29, 1.82) is 0 Å². The van der Waals surface area contributed by atoms with Gasteiger partial charge in [0.25, 0.3) is 0 Å². The predicted octanol–water partition coefficient (Wildman–Crippen LogP) is 49.6. The quantitative estimate of drug-likeness (QED) is 0.142. The third kappa shape index (κ3) is 36.5. The molecule has 0 atom stereocenters. The largest absolute Gasteiger partial charge is 0.0683 e. The van der Waals surface area contributed by atoms with Crippen molar-refractivity contribution in [2.45, 2.75) is 247 Å².